The van der Waals surface area contributed by atoms with Crippen molar-refractivity contribution in [2.45, 2.75) is 19.3 Å². The maximum absolute atomic E-state index is 11.8. The van der Waals surface area contributed by atoms with Gasteiger partial charge in [0.25, 0.3) is 0 Å². The Bertz CT molecular complexity index is 471. The lowest BCUT2D eigenvalue weighted by Crippen LogP contribution is -2.44. The van der Waals surface area contributed by atoms with Crippen LogP contribution in [-0.2, 0) is 9.59 Å². The van der Waals surface area contributed by atoms with E-state index in [2.05, 4.69) is 17.2 Å². The number of hydrogen-bond donors (Lipinski definition) is 3. The van der Waals surface area contributed by atoms with Gasteiger partial charge in [0.2, 0.25) is 5.91 Å². The van der Waals surface area contributed by atoms with Crippen molar-refractivity contribution in [2.75, 3.05) is 26.2 Å². The first-order chi connectivity index (χ1) is 9.98. The second kappa shape index (κ2) is 7.60. The van der Waals surface area contributed by atoms with Gasteiger partial charge in [-0.3, -0.25) is 19.8 Å². The van der Waals surface area contributed by atoms with E-state index in [9.17, 15) is 19.5 Å². The summed E-state index contributed by atoms with van der Waals surface area (Å²) in [6.45, 7) is 4.78. The predicted octanol–water partition coefficient (Wildman–Crippen LogP) is 0.607. The Morgan fingerprint density at radius 3 is 2.73 bits per heavy atom. The summed E-state index contributed by atoms with van der Waals surface area (Å²) in [5.74, 6) is -1.08. The molecule has 0 bridgehead atoms. The van der Waals surface area contributed by atoms with E-state index in [0.29, 0.717) is 19.5 Å². The molecular formula is C14H22ClN3O4. The lowest BCUT2D eigenvalue weighted by molar-refractivity contribution is -0.149. The number of fused-ring (bicyclic) bond motifs is 1. The number of urea groups is 1. The number of imide groups is 1. The van der Waals surface area contributed by atoms with Crippen molar-refractivity contribution in [2.24, 2.45) is 11.3 Å². The van der Waals surface area contributed by atoms with Crippen LogP contribution < -0.4 is 10.6 Å². The zero-order valence-corrected chi connectivity index (χ0v) is 13.2. The zero-order valence-electron chi connectivity index (χ0n) is 12.3. The number of halogens is 1. The SMILES string of the molecule is C=CCNC(=O)NC(=O)CN1C[C@@H]2CCC[C@@]2(C(=O)O)C1.Cl. The number of hydrogen-bond acceptors (Lipinski definition) is 4. The highest BCUT2D eigenvalue weighted by Crippen LogP contribution is 2.48. The number of nitrogens with one attached hydrogen (secondary N) is 2. The first kappa shape index (κ1) is 18.4. The van der Waals surface area contributed by atoms with Gasteiger partial charge in [0.15, 0.2) is 0 Å². The normalized spacial score (nSPS) is 26.6. The summed E-state index contributed by atoms with van der Waals surface area (Å²) in [5, 5.41) is 14.1. The third-order valence-electron chi connectivity index (χ3n) is 4.39. The molecule has 2 atom stereocenters. The molecule has 3 N–H and O–H groups in total. The molecule has 1 saturated heterocycles. The van der Waals surface area contributed by atoms with E-state index < -0.39 is 23.3 Å². The largest absolute Gasteiger partial charge is 0.481 e. The molecule has 7 nitrogen and oxygen atoms in total. The average molecular weight is 332 g/mol. The number of carbonyl (C=O) groups excluding carboxylic acids is 2. The van der Waals surface area contributed by atoms with Crippen molar-refractivity contribution in [1.82, 2.24) is 15.5 Å². The predicted molar refractivity (Wildman–Crippen MR) is 82.8 cm³/mol. The minimum absolute atomic E-state index is 0. The maximum Gasteiger partial charge on any atom is 0.321 e. The van der Waals surface area contributed by atoms with Gasteiger partial charge in [-0.05, 0) is 18.8 Å². The summed E-state index contributed by atoms with van der Waals surface area (Å²) >= 11 is 0. The Morgan fingerprint density at radius 1 is 1.41 bits per heavy atom. The minimum atomic E-state index is -0.767. The summed E-state index contributed by atoms with van der Waals surface area (Å²) < 4.78 is 0. The van der Waals surface area contributed by atoms with Crippen LogP contribution in [0.2, 0.25) is 0 Å². The van der Waals surface area contributed by atoms with E-state index in [-0.39, 0.29) is 31.4 Å². The number of likely N-dealkylation sites (tertiary alicyclic amines) is 1. The molecule has 3 amide bonds. The molecular weight excluding hydrogens is 310 g/mol. The molecule has 0 aromatic heterocycles. The highest BCUT2D eigenvalue weighted by atomic mass is 35.5. The van der Waals surface area contributed by atoms with Gasteiger partial charge in [0.1, 0.15) is 0 Å². The fourth-order valence-electron chi connectivity index (χ4n) is 3.44. The van der Waals surface area contributed by atoms with E-state index in [1.54, 1.807) is 0 Å². The molecule has 0 aromatic rings. The smallest absolute Gasteiger partial charge is 0.321 e. The van der Waals surface area contributed by atoms with Gasteiger partial charge in [-0.2, -0.15) is 0 Å². The fraction of sp³-hybridized carbons (Fsp3) is 0.643. The summed E-state index contributed by atoms with van der Waals surface area (Å²) in [6.07, 6.45) is 4.01. The number of carbonyl (C=O) groups is 3. The van der Waals surface area contributed by atoms with Gasteiger partial charge in [0.05, 0.1) is 12.0 Å². The number of carboxylic acids is 1. The lowest BCUT2D eigenvalue weighted by Gasteiger charge is -2.23. The van der Waals surface area contributed by atoms with Crippen LogP contribution in [0.4, 0.5) is 4.79 Å². The van der Waals surface area contributed by atoms with Crippen molar-refractivity contribution in [3.63, 3.8) is 0 Å². The zero-order chi connectivity index (χ0) is 15.5. The first-order valence-corrected chi connectivity index (χ1v) is 7.12. The van der Waals surface area contributed by atoms with Gasteiger partial charge in [-0.25, -0.2) is 4.79 Å². The molecule has 2 aliphatic rings. The van der Waals surface area contributed by atoms with E-state index >= 15 is 0 Å². The average Bonchev–Trinajstić information content (AvgIpc) is 2.93. The Labute approximate surface area is 135 Å². The van der Waals surface area contributed by atoms with Crippen molar-refractivity contribution in [3.8, 4) is 0 Å². The third kappa shape index (κ3) is 3.78. The van der Waals surface area contributed by atoms with E-state index in [1.807, 2.05) is 4.90 Å². The van der Waals surface area contributed by atoms with Crippen molar-refractivity contribution < 1.29 is 19.5 Å². The van der Waals surface area contributed by atoms with Crippen LogP contribution in [0.5, 0.6) is 0 Å². The van der Waals surface area contributed by atoms with Crippen LogP contribution in [0.25, 0.3) is 0 Å². The second-order valence-corrected chi connectivity index (χ2v) is 5.77. The first-order valence-electron chi connectivity index (χ1n) is 7.12. The van der Waals surface area contributed by atoms with Gasteiger partial charge < -0.3 is 10.4 Å². The highest BCUT2D eigenvalue weighted by Gasteiger charge is 2.54. The Hall–Kier alpha value is -1.60. The Kier molecular flexibility index (Phi) is 6.37. The number of amides is 3. The summed E-state index contributed by atoms with van der Waals surface area (Å²) in [5.41, 5.74) is -0.703. The molecule has 124 valence electrons. The van der Waals surface area contributed by atoms with Crippen molar-refractivity contribution >= 4 is 30.3 Å². The molecule has 2 rings (SSSR count). The Morgan fingerprint density at radius 2 is 2.14 bits per heavy atom. The minimum Gasteiger partial charge on any atom is -0.481 e. The van der Waals surface area contributed by atoms with Gasteiger partial charge in [-0.1, -0.05) is 12.5 Å². The van der Waals surface area contributed by atoms with Crippen LogP contribution in [-0.4, -0.2) is 54.1 Å². The van der Waals surface area contributed by atoms with Crippen LogP contribution in [0.3, 0.4) is 0 Å². The maximum atomic E-state index is 11.8. The Balaban J connectivity index is 0.00000242. The summed E-state index contributed by atoms with van der Waals surface area (Å²) in [4.78, 5) is 36.5. The molecule has 0 unspecified atom stereocenters. The molecule has 0 aromatic carbocycles. The monoisotopic (exact) mass is 331 g/mol. The molecule has 1 saturated carbocycles. The molecule has 0 radical (unpaired) electrons. The molecule has 1 aliphatic heterocycles. The molecule has 2 fully saturated rings. The van der Waals surface area contributed by atoms with Crippen LogP contribution >= 0.6 is 12.4 Å². The topological polar surface area (TPSA) is 98.7 Å². The molecule has 0 spiro atoms. The third-order valence-corrected chi connectivity index (χ3v) is 4.39. The summed E-state index contributed by atoms with van der Waals surface area (Å²) in [7, 11) is 0. The number of aliphatic carboxylic acids is 1. The quantitative estimate of drug-likeness (QED) is 0.641. The van der Waals surface area contributed by atoms with Gasteiger partial charge in [-0.15, -0.1) is 19.0 Å². The molecule has 1 aliphatic carbocycles. The van der Waals surface area contributed by atoms with E-state index in [1.165, 1.54) is 6.08 Å². The fourth-order valence-corrected chi connectivity index (χ4v) is 3.44. The second-order valence-electron chi connectivity index (χ2n) is 5.77. The van der Waals surface area contributed by atoms with E-state index in [4.69, 9.17) is 0 Å². The summed E-state index contributed by atoms with van der Waals surface area (Å²) in [6, 6.07) is -0.563. The van der Waals surface area contributed by atoms with Crippen molar-refractivity contribution in [3.05, 3.63) is 12.7 Å². The number of rotatable bonds is 5. The van der Waals surface area contributed by atoms with Crippen LogP contribution in [0, 0.1) is 11.3 Å². The lowest BCUT2D eigenvalue weighted by atomic mass is 9.81. The molecule has 22 heavy (non-hydrogen) atoms. The molecule has 1 heterocycles. The van der Waals surface area contributed by atoms with E-state index in [0.717, 1.165) is 12.8 Å². The standard InChI is InChI=1S/C14H21N3O4.ClH/c1-2-6-15-13(21)16-11(18)8-17-7-10-4-3-5-14(10,9-17)12(19)20;/h2,10H,1,3-9H2,(H,19,20)(H2,15,16,18,21);1H/t10-,14+;/m0./s1. The number of carboxylic acid groups (broad SMARTS) is 1. The highest BCUT2D eigenvalue weighted by molar-refractivity contribution is 5.95. The van der Waals surface area contributed by atoms with Gasteiger partial charge >= 0.3 is 12.0 Å². The van der Waals surface area contributed by atoms with Gasteiger partial charge in [0, 0.05) is 19.6 Å². The van der Waals surface area contributed by atoms with Crippen LogP contribution in [0.15, 0.2) is 12.7 Å². The van der Waals surface area contributed by atoms with Crippen LogP contribution in [0.1, 0.15) is 19.3 Å². The molecule has 8 heteroatoms. The number of nitrogens with zero attached hydrogens (tertiary/aromatic N) is 1. The van der Waals surface area contributed by atoms with Crippen molar-refractivity contribution in [1.29, 1.82) is 0 Å².